The lowest BCUT2D eigenvalue weighted by Crippen LogP contribution is -2.05. The minimum absolute atomic E-state index is 0.617. The van der Waals surface area contributed by atoms with Gasteiger partial charge in [-0.15, -0.1) is 0 Å². The molecule has 0 saturated carbocycles. The van der Waals surface area contributed by atoms with Crippen molar-refractivity contribution in [1.82, 2.24) is 0 Å². The van der Waals surface area contributed by atoms with Crippen LogP contribution < -0.4 is 0 Å². The monoisotopic (exact) mass is 285 g/mol. The van der Waals surface area contributed by atoms with Gasteiger partial charge in [-0.05, 0) is 19.3 Å². The van der Waals surface area contributed by atoms with Gasteiger partial charge in [0.15, 0.2) is 11.2 Å². The van der Waals surface area contributed by atoms with E-state index in [4.69, 9.17) is 24.8 Å². The van der Waals surface area contributed by atoms with E-state index in [9.17, 15) is 0 Å². The van der Waals surface area contributed by atoms with Crippen LogP contribution in [0.3, 0.4) is 0 Å². The molecular formula is C12H27ClO3P+. The molecule has 17 heavy (non-hydrogen) atoms. The maximum Gasteiger partial charge on any atom is 0.524 e. The van der Waals surface area contributed by atoms with Gasteiger partial charge in [0.1, 0.15) is 0 Å². The fraction of sp³-hybridized carbons (Fsp3) is 1.00. The van der Waals surface area contributed by atoms with E-state index in [1.165, 1.54) is 0 Å². The predicted molar refractivity (Wildman–Crippen MR) is 75.4 cm³/mol. The summed E-state index contributed by atoms with van der Waals surface area (Å²) in [7, 11) is -2.59. The first-order valence-electron chi connectivity index (χ1n) is 6.70. The lowest BCUT2D eigenvalue weighted by Gasteiger charge is -2.14. The lowest BCUT2D eigenvalue weighted by atomic mass is 10.4. The third-order valence-electron chi connectivity index (χ3n) is 2.23. The number of unbranched alkanes of at least 4 members (excludes halogenated alkanes) is 3. The van der Waals surface area contributed by atoms with Crippen LogP contribution in [0.4, 0.5) is 0 Å². The van der Waals surface area contributed by atoms with Crippen molar-refractivity contribution in [3.05, 3.63) is 0 Å². The molecule has 0 radical (unpaired) electrons. The Morgan fingerprint density at radius 3 is 1.24 bits per heavy atom. The average molecular weight is 286 g/mol. The van der Waals surface area contributed by atoms with Crippen LogP contribution in [0, 0.1) is 0 Å². The van der Waals surface area contributed by atoms with E-state index in [0.29, 0.717) is 19.8 Å². The highest BCUT2D eigenvalue weighted by molar-refractivity contribution is 7.87. The van der Waals surface area contributed by atoms with Gasteiger partial charge in [-0.2, -0.15) is 13.6 Å². The number of rotatable bonds is 12. The minimum atomic E-state index is -2.59. The fourth-order valence-electron chi connectivity index (χ4n) is 1.07. The molecule has 0 amide bonds. The van der Waals surface area contributed by atoms with Crippen molar-refractivity contribution in [3.63, 3.8) is 0 Å². The Hall–Kier alpha value is 0.600. The zero-order chi connectivity index (χ0) is 13.0. The quantitative estimate of drug-likeness (QED) is 0.357. The maximum absolute atomic E-state index is 6.29. The third-order valence-corrected chi connectivity index (χ3v) is 4.58. The normalized spacial score (nSPS) is 12.0. The van der Waals surface area contributed by atoms with Crippen LogP contribution in [0.15, 0.2) is 0 Å². The Kier molecular flexibility index (Phi) is 12.1. The van der Waals surface area contributed by atoms with Gasteiger partial charge in [0.2, 0.25) is 0 Å². The van der Waals surface area contributed by atoms with Crippen molar-refractivity contribution < 1.29 is 13.6 Å². The van der Waals surface area contributed by atoms with Gasteiger partial charge in [0.25, 0.3) is 0 Å². The Morgan fingerprint density at radius 2 is 1.00 bits per heavy atom. The van der Waals surface area contributed by atoms with Gasteiger partial charge >= 0.3 is 7.30 Å². The third kappa shape index (κ3) is 10.2. The van der Waals surface area contributed by atoms with E-state index in [2.05, 4.69) is 20.8 Å². The molecule has 0 rings (SSSR count). The highest BCUT2D eigenvalue weighted by Gasteiger charge is 2.44. The van der Waals surface area contributed by atoms with Crippen LogP contribution in [-0.2, 0) is 13.6 Å². The van der Waals surface area contributed by atoms with Gasteiger partial charge in [-0.25, -0.2) is 0 Å². The number of halogens is 1. The molecule has 5 heteroatoms. The summed E-state index contributed by atoms with van der Waals surface area (Å²) >= 11 is 6.29. The molecule has 0 unspecified atom stereocenters. The second kappa shape index (κ2) is 11.7. The standard InChI is InChI=1S/C12H27ClO3P/c1-4-7-10-14-17(13,15-11-8-5-2)16-12-9-6-3/h4-12H2,1-3H3/q+1. The maximum atomic E-state index is 6.29. The summed E-state index contributed by atoms with van der Waals surface area (Å²) in [5.41, 5.74) is 0. The van der Waals surface area contributed by atoms with Crippen molar-refractivity contribution >= 4 is 18.5 Å². The average Bonchev–Trinajstić information content (AvgIpc) is 2.30. The number of hydrogen-bond acceptors (Lipinski definition) is 3. The Balaban J connectivity index is 3.95. The molecule has 0 aliphatic rings. The Bertz CT molecular complexity index is 143. The van der Waals surface area contributed by atoms with Crippen LogP contribution in [0.2, 0.25) is 0 Å². The molecule has 0 bridgehead atoms. The van der Waals surface area contributed by atoms with Gasteiger partial charge in [0.05, 0.1) is 19.8 Å². The zero-order valence-electron chi connectivity index (χ0n) is 11.4. The molecule has 0 aliphatic carbocycles. The van der Waals surface area contributed by atoms with Crippen molar-refractivity contribution in [2.24, 2.45) is 0 Å². The Morgan fingerprint density at radius 1 is 0.706 bits per heavy atom. The van der Waals surface area contributed by atoms with Crippen LogP contribution in [0.5, 0.6) is 0 Å². The van der Waals surface area contributed by atoms with Crippen LogP contribution >= 0.6 is 18.5 Å². The first kappa shape index (κ1) is 17.6. The molecular weight excluding hydrogens is 259 g/mol. The van der Waals surface area contributed by atoms with Crippen molar-refractivity contribution in [2.45, 2.75) is 59.3 Å². The molecule has 0 heterocycles. The molecule has 0 atom stereocenters. The molecule has 0 N–H and O–H groups in total. The van der Waals surface area contributed by atoms with E-state index in [0.717, 1.165) is 38.5 Å². The highest BCUT2D eigenvalue weighted by Crippen LogP contribution is 2.67. The molecule has 0 fully saturated rings. The highest BCUT2D eigenvalue weighted by atomic mass is 35.7. The van der Waals surface area contributed by atoms with Crippen molar-refractivity contribution in [3.8, 4) is 0 Å². The molecule has 104 valence electrons. The van der Waals surface area contributed by atoms with Crippen LogP contribution in [-0.4, -0.2) is 19.8 Å². The summed E-state index contributed by atoms with van der Waals surface area (Å²) in [6.07, 6.45) is 6.22. The van der Waals surface area contributed by atoms with Gasteiger partial charge in [-0.3, -0.25) is 0 Å². The lowest BCUT2D eigenvalue weighted by molar-refractivity contribution is 0.147. The first-order valence-corrected chi connectivity index (χ1v) is 9.15. The molecule has 0 spiro atoms. The van der Waals surface area contributed by atoms with E-state index in [-0.39, 0.29) is 0 Å². The summed E-state index contributed by atoms with van der Waals surface area (Å²) < 4.78 is 16.8. The summed E-state index contributed by atoms with van der Waals surface area (Å²) in [5, 5.41) is 0. The van der Waals surface area contributed by atoms with Gasteiger partial charge in [-0.1, -0.05) is 40.0 Å². The van der Waals surface area contributed by atoms with Crippen LogP contribution in [0.1, 0.15) is 59.3 Å². The first-order chi connectivity index (χ1) is 8.18. The number of hydrogen-bond donors (Lipinski definition) is 0. The summed E-state index contributed by atoms with van der Waals surface area (Å²) in [4.78, 5) is 0. The Labute approximate surface area is 112 Å². The SMILES string of the molecule is CCCCO[P+](Cl)(OCCCC)OCCCC. The van der Waals surface area contributed by atoms with E-state index in [1.807, 2.05) is 0 Å². The molecule has 0 aromatic carbocycles. The van der Waals surface area contributed by atoms with E-state index >= 15 is 0 Å². The summed E-state index contributed by atoms with van der Waals surface area (Å²) in [6, 6.07) is 0. The zero-order valence-corrected chi connectivity index (χ0v) is 13.1. The minimum Gasteiger partial charge on any atom is -0.164 e. The van der Waals surface area contributed by atoms with Gasteiger partial charge in [0, 0.05) is 0 Å². The molecule has 3 nitrogen and oxygen atoms in total. The molecule has 0 saturated heterocycles. The van der Waals surface area contributed by atoms with Gasteiger partial charge < -0.3 is 0 Å². The largest absolute Gasteiger partial charge is 0.524 e. The van der Waals surface area contributed by atoms with Crippen molar-refractivity contribution in [1.29, 1.82) is 0 Å². The van der Waals surface area contributed by atoms with E-state index < -0.39 is 7.30 Å². The predicted octanol–water partition coefficient (Wildman–Crippen LogP) is 5.35. The smallest absolute Gasteiger partial charge is 0.164 e. The topological polar surface area (TPSA) is 27.7 Å². The summed E-state index contributed by atoms with van der Waals surface area (Å²) in [5.74, 6) is 0. The van der Waals surface area contributed by atoms with E-state index in [1.54, 1.807) is 0 Å². The second-order valence-electron chi connectivity index (χ2n) is 3.99. The summed E-state index contributed by atoms with van der Waals surface area (Å²) in [6.45, 7) is 8.21. The fourth-order valence-corrected chi connectivity index (χ4v) is 2.95. The molecule has 0 aromatic heterocycles. The molecule has 0 aromatic rings. The van der Waals surface area contributed by atoms with Crippen molar-refractivity contribution in [2.75, 3.05) is 19.8 Å². The molecule has 0 aliphatic heterocycles. The van der Waals surface area contributed by atoms with Crippen LogP contribution in [0.25, 0.3) is 0 Å². The second-order valence-corrected chi connectivity index (χ2v) is 6.87.